The maximum absolute atomic E-state index is 11.7. The summed E-state index contributed by atoms with van der Waals surface area (Å²) in [5.74, 6) is -0.663. The van der Waals surface area contributed by atoms with Gasteiger partial charge < -0.3 is 9.47 Å². The molecule has 6 nitrogen and oxygen atoms in total. The molecule has 0 atom stereocenters. The fraction of sp³-hybridized carbons (Fsp3) is 0.417. The normalized spacial score (nSPS) is 10.9. The van der Waals surface area contributed by atoms with Crippen molar-refractivity contribution in [3.63, 3.8) is 0 Å². The Morgan fingerprint density at radius 1 is 1.30 bits per heavy atom. The molecule has 0 radical (unpaired) electrons. The third kappa shape index (κ3) is 4.75. The summed E-state index contributed by atoms with van der Waals surface area (Å²) in [6.07, 6.45) is -0.682. The number of halogens is 2. The Morgan fingerprint density at radius 2 is 1.90 bits per heavy atom. The van der Waals surface area contributed by atoms with Gasteiger partial charge in [-0.05, 0) is 58.7 Å². The number of hydrogen-bond donors (Lipinski definition) is 1. The molecule has 1 N–H and O–H groups in total. The summed E-state index contributed by atoms with van der Waals surface area (Å²) in [5, 5.41) is 2.48. The van der Waals surface area contributed by atoms with Crippen molar-refractivity contribution in [2.24, 2.45) is 0 Å². The fourth-order valence-corrected chi connectivity index (χ4v) is 1.84. The molecule has 0 aliphatic carbocycles. The van der Waals surface area contributed by atoms with E-state index in [2.05, 4.69) is 46.9 Å². The van der Waals surface area contributed by atoms with E-state index in [1.165, 1.54) is 13.2 Å². The predicted octanol–water partition coefficient (Wildman–Crippen LogP) is 3.74. The van der Waals surface area contributed by atoms with Crippen LogP contribution in [-0.4, -0.2) is 29.8 Å². The number of amides is 1. The minimum atomic E-state index is -0.682. The minimum absolute atomic E-state index is 0.0200. The first-order valence-corrected chi connectivity index (χ1v) is 7.17. The van der Waals surface area contributed by atoms with Gasteiger partial charge in [0.15, 0.2) is 5.69 Å². The molecular weight excluding hydrogens is 396 g/mol. The van der Waals surface area contributed by atoms with Crippen LogP contribution in [0.2, 0.25) is 0 Å². The van der Waals surface area contributed by atoms with Crippen molar-refractivity contribution >= 4 is 49.6 Å². The Balaban J connectivity index is 3.07. The fourth-order valence-electron chi connectivity index (χ4n) is 1.23. The monoisotopic (exact) mass is 408 g/mol. The van der Waals surface area contributed by atoms with Crippen LogP contribution in [0, 0.1) is 0 Å². The van der Waals surface area contributed by atoms with Gasteiger partial charge in [0, 0.05) is 0 Å². The Kier molecular flexibility index (Phi) is 5.52. The van der Waals surface area contributed by atoms with Crippen LogP contribution in [0.1, 0.15) is 31.3 Å². The topological polar surface area (TPSA) is 77.5 Å². The van der Waals surface area contributed by atoms with Crippen molar-refractivity contribution in [2.45, 2.75) is 26.4 Å². The highest BCUT2D eigenvalue weighted by molar-refractivity contribution is 9.13. The van der Waals surface area contributed by atoms with E-state index >= 15 is 0 Å². The van der Waals surface area contributed by atoms with E-state index in [1.54, 1.807) is 20.8 Å². The maximum Gasteiger partial charge on any atom is 0.412 e. The van der Waals surface area contributed by atoms with E-state index in [0.29, 0.717) is 9.08 Å². The summed E-state index contributed by atoms with van der Waals surface area (Å²) in [6.45, 7) is 5.22. The minimum Gasteiger partial charge on any atom is -0.464 e. The molecule has 0 unspecified atom stereocenters. The molecule has 110 valence electrons. The zero-order valence-electron chi connectivity index (χ0n) is 11.4. The molecule has 1 aromatic heterocycles. The van der Waals surface area contributed by atoms with Crippen LogP contribution >= 0.6 is 31.9 Å². The number of esters is 1. The molecule has 0 saturated heterocycles. The van der Waals surface area contributed by atoms with Crippen LogP contribution in [0.4, 0.5) is 10.5 Å². The van der Waals surface area contributed by atoms with Crippen LogP contribution in [0.5, 0.6) is 0 Å². The second kappa shape index (κ2) is 6.53. The molecule has 0 aromatic carbocycles. The van der Waals surface area contributed by atoms with E-state index in [1.807, 2.05) is 0 Å². The molecular formula is C12H14Br2N2O4. The van der Waals surface area contributed by atoms with E-state index < -0.39 is 17.7 Å². The van der Waals surface area contributed by atoms with Crippen LogP contribution < -0.4 is 5.32 Å². The summed E-state index contributed by atoms with van der Waals surface area (Å²) in [7, 11) is 1.23. The second-order valence-electron chi connectivity index (χ2n) is 4.78. The first-order chi connectivity index (χ1) is 9.14. The Bertz CT molecular complexity index is 541. The number of methoxy groups -OCH3 is 1. The summed E-state index contributed by atoms with van der Waals surface area (Å²) in [4.78, 5) is 27.4. The van der Waals surface area contributed by atoms with E-state index in [4.69, 9.17) is 4.74 Å². The number of anilines is 1. The zero-order chi connectivity index (χ0) is 15.5. The van der Waals surface area contributed by atoms with Gasteiger partial charge in [0.2, 0.25) is 0 Å². The van der Waals surface area contributed by atoms with Gasteiger partial charge >= 0.3 is 12.1 Å². The van der Waals surface area contributed by atoms with Crippen molar-refractivity contribution < 1.29 is 19.1 Å². The first-order valence-electron chi connectivity index (χ1n) is 5.58. The molecule has 0 bridgehead atoms. The number of pyridine rings is 1. The van der Waals surface area contributed by atoms with Gasteiger partial charge in [0.25, 0.3) is 0 Å². The van der Waals surface area contributed by atoms with Gasteiger partial charge in [0.1, 0.15) is 10.2 Å². The third-order valence-electron chi connectivity index (χ3n) is 1.95. The average molecular weight is 410 g/mol. The highest BCUT2D eigenvalue weighted by Gasteiger charge is 2.21. The molecule has 1 aromatic rings. The molecule has 1 amide bonds. The molecule has 0 saturated carbocycles. The van der Waals surface area contributed by atoms with E-state index in [-0.39, 0.29) is 11.4 Å². The van der Waals surface area contributed by atoms with Crippen molar-refractivity contribution in [1.82, 2.24) is 4.98 Å². The number of nitrogens with zero attached hydrogens (tertiary/aromatic N) is 1. The van der Waals surface area contributed by atoms with Crippen LogP contribution in [0.3, 0.4) is 0 Å². The van der Waals surface area contributed by atoms with E-state index in [0.717, 1.165) is 0 Å². The number of carbonyl (C=O) groups excluding carboxylic acids is 2. The first kappa shape index (κ1) is 16.9. The largest absolute Gasteiger partial charge is 0.464 e. The summed E-state index contributed by atoms with van der Waals surface area (Å²) in [6, 6.07) is 1.53. The third-order valence-corrected chi connectivity index (χ3v) is 3.69. The van der Waals surface area contributed by atoms with Crippen molar-refractivity contribution in [3.8, 4) is 0 Å². The molecule has 8 heteroatoms. The highest BCUT2D eigenvalue weighted by atomic mass is 79.9. The molecule has 1 rings (SSSR count). The molecule has 0 aliphatic heterocycles. The van der Waals surface area contributed by atoms with Crippen LogP contribution in [-0.2, 0) is 9.47 Å². The zero-order valence-corrected chi connectivity index (χ0v) is 14.6. The van der Waals surface area contributed by atoms with Crippen LogP contribution in [0.15, 0.2) is 15.1 Å². The number of nitrogens with one attached hydrogen (secondary N) is 1. The lowest BCUT2D eigenvalue weighted by atomic mass is 10.2. The molecule has 20 heavy (non-hydrogen) atoms. The summed E-state index contributed by atoms with van der Waals surface area (Å²) in [5.41, 5.74) is -0.468. The standard InChI is InChI=1S/C12H14Br2N2O4/c1-12(2,3)20-11(18)15-7-5-6(13)9(14)16-8(7)10(17)19-4/h5H,1-4H3,(H,15,18). The SMILES string of the molecule is COC(=O)c1nc(Br)c(Br)cc1NC(=O)OC(C)(C)C. The summed E-state index contributed by atoms with van der Waals surface area (Å²) < 4.78 is 10.8. The van der Waals surface area contributed by atoms with Gasteiger partial charge in [-0.1, -0.05) is 0 Å². The van der Waals surface area contributed by atoms with E-state index in [9.17, 15) is 9.59 Å². The molecule has 1 heterocycles. The molecule has 0 fully saturated rings. The van der Waals surface area contributed by atoms with Crippen molar-refractivity contribution in [3.05, 3.63) is 20.8 Å². The maximum atomic E-state index is 11.7. The lowest BCUT2D eigenvalue weighted by Gasteiger charge is -2.20. The van der Waals surface area contributed by atoms with Gasteiger partial charge in [-0.25, -0.2) is 14.6 Å². The second-order valence-corrected chi connectivity index (χ2v) is 6.38. The number of rotatable bonds is 2. The lowest BCUT2D eigenvalue weighted by molar-refractivity contribution is 0.0595. The lowest BCUT2D eigenvalue weighted by Crippen LogP contribution is -2.28. The molecule has 0 spiro atoms. The van der Waals surface area contributed by atoms with Gasteiger partial charge in [-0.3, -0.25) is 5.32 Å². The van der Waals surface area contributed by atoms with Gasteiger partial charge in [0.05, 0.1) is 17.3 Å². The summed E-state index contributed by atoms with van der Waals surface area (Å²) >= 11 is 6.43. The highest BCUT2D eigenvalue weighted by Crippen LogP contribution is 2.27. The quantitative estimate of drug-likeness (QED) is 0.594. The molecule has 0 aliphatic rings. The van der Waals surface area contributed by atoms with Crippen molar-refractivity contribution in [2.75, 3.05) is 12.4 Å². The Morgan fingerprint density at radius 3 is 2.40 bits per heavy atom. The average Bonchev–Trinajstić information content (AvgIpc) is 2.30. The Hall–Kier alpha value is -1.15. The number of aromatic nitrogens is 1. The number of hydrogen-bond acceptors (Lipinski definition) is 5. The smallest absolute Gasteiger partial charge is 0.412 e. The predicted molar refractivity (Wildman–Crippen MR) is 80.8 cm³/mol. The van der Waals surface area contributed by atoms with Crippen molar-refractivity contribution in [1.29, 1.82) is 0 Å². The van der Waals surface area contributed by atoms with Gasteiger partial charge in [-0.15, -0.1) is 0 Å². The Labute approximate surface area is 133 Å². The number of ether oxygens (including phenoxy) is 2. The number of carbonyl (C=O) groups is 2. The van der Waals surface area contributed by atoms with Crippen LogP contribution in [0.25, 0.3) is 0 Å². The van der Waals surface area contributed by atoms with Gasteiger partial charge in [-0.2, -0.15) is 0 Å².